The Labute approximate surface area is 99.2 Å². The monoisotopic (exact) mass is 286 g/mol. The molecule has 0 spiro atoms. The number of H-pyrrole nitrogens is 1. The average Bonchev–Trinajstić information content (AvgIpc) is 2.50. The van der Waals surface area contributed by atoms with Gasteiger partial charge >= 0.3 is 0 Å². The number of hydrogen-bond acceptors (Lipinski definition) is 3. The molecule has 0 saturated carbocycles. The molecule has 2 aromatic heterocycles. The second-order valence-corrected chi connectivity index (χ2v) is 5.74. The van der Waals surface area contributed by atoms with Gasteiger partial charge in [0.1, 0.15) is 10.5 Å². The molecular weight excluding hydrogens is 280 g/mol. The van der Waals surface area contributed by atoms with Gasteiger partial charge in [0.15, 0.2) is 0 Å². The van der Waals surface area contributed by atoms with E-state index in [1.807, 2.05) is 25.1 Å². The molecule has 0 aliphatic rings. The quantitative estimate of drug-likeness (QED) is 0.805. The van der Waals surface area contributed by atoms with Crippen LogP contribution in [0.15, 0.2) is 22.0 Å². The van der Waals surface area contributed by atoms with Gasteiger partial charge in [0.25, 0.3) is 0 Å². The maximum Gasteiger partial charge on any atom is 0.149 e. The van der Waals surface area contributed by atoms with E-state index in [0.717, 1.165) is 20.2 Å². The third-order valence-corrected chi connectivity index (χ3v) is 3.52. The Morgan fingerprint density at radius 2 is 2.29 bits per heavy atom. The van der Waals surface area contributed by atoms with E-state index >= 15 is 0 Å². The normalized spacial score (nSPS) is 10.4. The smallest absolute Gasteiger partial charge is 0.149 e. The van der Waals surface area contributed by atoms with Gasteiger partial charge in [-0.15, -0.1) is 11.3 Å². The molecule has 0 saturated heterocycles. The Morgan fingerprint density at radius 1 is 1.50 bits per heavy atom. The lowest BCUT2D eigenvalue weighted by Crippen LogP contribution is -1.89. The van der Waals surface area contributed by atoms with Crippen LogP contribution in [-0.4, -0.2) is 9.97 Å². The van der Waals surface area contributed by atoms with Crippen LogP contribution < -0.4 is 0 Å². The van der Waals surface area contributed by atoms with Crippen molar-refractivity contribution in [2.45, 2.75) is 6.92 Å². The molecule has 2 heterocycles. The Morgan fingerprint density at radius 3 is 2.86 bits per heavy atom. The third-order valence-electron chi connectivity index (χ3n) is 1.68. The zero-order valence-corrected chi connectivity index (χ0v) is 10.6. The molecule has 0 atom stereocenters. The van der Waals surface area contributed by atoms with Gasteiger partial charge in [-0.05, 0) is 41.1 Å². The summed E-state index contributed by atoms with van der Waals surface area (Å²) in [4.78, 5) is 8.55. The highest BCUT2D eigenvalue weighted by molar-refractivity contribution is 9.11. The Kier molecular flexibility index (Phi) is 2.80. The molecule has 0 radical (unpaired) electrons. The van der Waals surface area contributed by atoms with Crippen LogP contribution in [-0.2, 0) is 0 Å². The fourth-order valence-electron chi connectivity index (χ4n) is 1.14. The van der Waals surface area contributed by atoms with Crippen molar-refractivity contribution in [3.05, 3.63) is 32.3 Å². The van der Waals surface area contributed by atoms with Crippen molar-refractivity contribution in [3.63, 3.8) is 0 Å². The highest BCUT2D eigenvalue weighted by Gasteiger charge is 2.03. The van der Waals surface area contributed by atoms with Gasteiger partial charge in [0, 0.05) is 5.69 Å². The maximum absolute atomic E-state index is 5.06. The van der Waals surface area contributed by atoms with E-state index in [9.17, 15) is 0 Å². The summed E-state index contributed by atoms with van der Waals surface area (Å²) in [5, 5.41) is 0. The molecule has 2 aromatic rings. The molecule has 0 amide bonds. The van der Waals surface area contributed by atoms with E-state index in [-0.39, 0.29) is 0 Å². The molecule has 0 aliphatic heterocycles. The van der Waals surface area contributed by atoms with Crippen LogP contribution in [0.5, 0.6) is 0 Å². The predicted octanol–water partition coefficient (Wildman–Crippen LogP) is 3.94. The highest BCUT2D eigenvalue weighted by atomic mass is 79.9. The van der Waals surface area contributed by atoms with Gasteiger partial charge in [0.2, 0.25) is 0 Å². The van der Waals surface area contributed by atoms with E-state index in [2.05, 4.69) is 25.9 Å². The first kappa shape index (κ1) is 10.0. The molecular formula is C9H7BrN2S2. The number of rotatable bonds is 1. The Bertz CT molecular complexity index is 516. The van der Waals surface area contributed by atoms with Crippen LogP contribution >= 0.6 is 39.5 Å². The summed E-state index contributed by atoms with van der Waals surface area (Å²) in [5.74, 6) is 0.839. The highest BCUT2D eigenvalue weighted by Crippen LogP contribution is 2.28. The molecule has 0 bridgehead atoms. The van der Waals surface area contributed by atoms with E-state index in [1.54, 1.807) is 11.3 Å². The number of thiophene rings is 1. The Hall–Kier alpha value is -0.520. The molecule has 0 fully saturated rings. The first-order valence-corrected chi connectivity index (χ1v) is 6.00. The number of hydrogen-bond donors (Lipinski definition) is 1. The first-order valence-electron chi connectivity index (χ1n) is 3.99. The van der Waals surface area contributed by atoms with Gasteiger partial charge in [-0.1, -0.05) is 12.2 Å². The number of aryl methyl sites for hydroxylation is 1. The molecule has 0 aromatic carbocycles. The fourth-order valence-corrected chi connectivity index (χ4v) is 2.74. The van der Waals surface area contributed by atoms with Crippen LogP contribution in [0.2, 0.25) is 0 Å². The largest absolute Gasteiger partial charge is 0.343 e. The van der Waals surface area contributed by atoms with Crippen LogP contribution in [0.1, 0.15) is 5.69 Å². The van der Waals surface area contributed by atoms with Crippen LogP contribution in [0.4, 0.5) is 0 Å². The van der Waals surface area contributed by atoms with Gasteiger partial charge < -0.3 is 4.98 Å². The topological polar surface area (TPSA) is 28.7 Å². The third kappa shape index (κ3) is 2.10. The van der Waals surface area contributed by atoms with Crippen molar-refractivity contribution in [3.8, 4) is 10.7 Å². The molecule has 14 heavy (non-hydrogen) atoms. The van der Waals surface area contributed by atoms with Gasteiger partial charge in [0.05, 0.1) is 8.66 Å². The van der Waals surface area contributed by atoms with Crippen molar-refractivity contribution in [1.82, 2.24) is 9.97 Å². The molecule has 0 aliphatic carbocycles. The number of nitrogens with zero attached hydrogens (tertiary/aromatic N) is 1. The van der Waals surface area contributed by atoms with Crippen LogP contribution in [0.25, 0.3) is 10.7 Å². The van der Waals surface area contributed by atoms with Crippen LogP contribution in [0, 0.1) is 11.6 Å². The summed E-state index contributed by atoms with van der Waals surface area (Å²) in [6.07, 6.45) is 0. The predicted molar refractivity (Wildman–Crippen MR) is 65.2 cm³/mol. The SMILES string of the molecule is Cc1cc(=S)nc(-c2ccc(Br)s2)[nH]1. The average molecular weight is 287 g/mol. The van der Waals surface area contributed by atoms with E-state index < -0.39 is 0 Å². The fraction of sp³-hybridized carbons (Fsp3) is 0.111. The number of halogens is 1. The van der Waals surface area contributed by atoms with Crippen molar-refractivity contribution < 1.29 is 0 Å². The summed E-state index contributed by atoms with van der Waals surface area (Å²) in [6, 6.07) is 5.87. The van der Waals surface area contributed by atoms with Gasteiger partial charge in [-0.25, -0.2) is 4.98 Å². The minimum absolute atomic E-state index is 0.626. The zero-order chi connectivity index (χ0) is 10.1. The van der Waals surface area contributed by atoms with Gasteiger partial charge in [-0.3, -0.25) is 0 Å². The maximum atomic E-state index is 5.06. The molecule has 1 N–H and O–H groups in total. The number of aromatic nitrogens is 2. The lowest BCUT2D eigenvalue weighted by atomic mass is 10.4. The zero-order valence-electron chi connectivity index (χ0n) is 7.37. The Balaban J connectivity index is 2.56. The minimum Gasteiger partial charge on any atom is -0.343 e. The summed E-state index contributed by atoms with van der Waals surface area (Å²) < 4.78 is 1.72. The first-order chi connectivity index (χ1) is 6.65. The summed E-state index contributed by atoms with van der Waals surface area (Å²) in [6.45, 7) is 1.98. The minimum atomic E-state index is 0.626. The second-order valence-electron chi connectivity index (χ2n) is 2.85. The van der Waals surface area contributed by atoms with Crippen molar-refractivity contribution in [2.24, 2.45) is 0 Å². The summed E-state index contributed by atoms with van der Waals surface area (Å²) >= 11 is 10.1. The van der Waals surface area contributed by atoms with Crippen molar-refractivity contribution in [2.75, 3.05) is 0 Å². The van der Waals surface area contributed by atoms with E-state index in [4.69, 9.17) is 12.2 Å². The molecule has 5 heteroatoms. The van der Waals surface area contributed by atoms with Crippen molar-refractivity contribution in [1.29, 1.82) is 0 Å². The lowest BCUT2D eigenvalue weighted by Gasteiger charge is -1.98. The molecule has 2 nitrogen and oxygen atoms in total. The number of aromatic amines is 1. The van der Waals surface area contributed by atoms with E-state index in [0.29, 0.717) is 4.64 Å². The number of nitrogens with one attached hydrogen (secondary N) is 1. The van der Waals surface area contributed by atoms with Crippen molar-refractivity contribution >= 4 is 39.5 Å². The van der Waals surface area contributed by atoms with Gasteiger partial charge in [-0.2, -0.15) is 0 Å². The lowest BCUT2D eigenvalue weighted by molar-refractivity contribution is 1.10. The van der Waals surface area contributed by atoms with E-state index in [1.165, 1.54) is 0 Å². The second kappa shape index (κ2) is 3.92. The molecule has 0 unspecified atom stereocenters. The molecule has 72 valence electrons. The summed E-state index contributed by atoms with van der Waals surface area (Å²) in [7, 11) is 0. The summed E-state index contributed by atoms with van der Waals surface area (Å²) in [5.41, 5.74) is 1.03. The van der Waals surface area contributed by atoms with Crippen LogP contribution in [0.3, 0.4) is 0 Å². The standard InChI is InChI=1S/C9H7BrN2S2/c1-5-4-8(13)12-9(11-5)6-2-3-7(10)14-6/h2-4H,1H3,(H,11,12,13). The molecule has 2 rings (SSSR count).